The SMILES string of the molecule is Brc1ccccc1.Clc1ccccc1.Ic1ccccc1. The smallest absolute Gasteiger partial charge is 0.0405 e. The van der Waals surface area contributed by atoms with Gasteiger partial charge < -0.3 is 0 Å². The van der Waals surface area contributed by atoms with Crippen LogP contribution in [0.5, 0.6) is 0 Å². The molecule has 3 heteroatoms. The normalized spacial score (nSPS) is 8.71. The molecule has 3 aromatic rings. The van der Waals surface area contributed by atoms with Gasteiger partial charge in [-0.1, -0.05) is 82.1 Å². The fourth-order valence-electron chi connectivity index (χ4n) is 1.24. The predicted molar refractivity (Wildman–Crippen MR) is 105 cm³/mol. The minimum absolute atomic E-state index is 0.794. The summed E-state index contributed by atoms with van der Waals surface area (Å²) in [7, 11) is 0. The first-order valence-corrected chi connectivity index (χ1v) is 8.55. The van der Waals surface area contributed by atoms with E-state index in [-0.39, 0.29) is 0 Å². The highest BCUT2D eigenvalue weighted by atomic mass is 127. The lowest BCUT2D eigenvalue weighted by atomic mass is 10.4. The molecule has 0 radical (unpaired) electrons. The Morgan fingerprint density at radius 3 is 1.19 bits per heavy atom. The summed E-state index contributed by atoms with van der Waals surface area (Å²) in [6, 6.07) is 29.6. The van der Waals surface area contributed by atoms with Crippen molar-refractivity contribution in [3.05, 3.63) is 104 Å². The Kier molecular flexibility index (Phi) is 10.2. The molecule has 0 nitrogen and oxygen atoms in total. The molecule has 0 atom stereocenters. The van der Waals surface area contributed by atoms with Crippen LogP contribution in [0.25, 0.3) is 0 Å². The Morgan fingerprint density at radius 2 is 1.00 bits per heavy atom. The van der Waals surface area contributed by atoms with E-state index in [0.29, 0.717) is 0 Å². The largest absolute Gasteiger partial charge is 0.0843 e. The molecule has 108 valence electrons. The molecule has 0 bridgehead atoms. The maximum absolute atomic E-state index is 5.54. The first-order valence-electron chi connectivity index (χ1n) is 6.30. The number of hydrogen-bond acceptors (Lipinski definition) is 0. The minimum atomic E-state index is 0.794. The number of benzene rings is 3. The van der Waals surface area contributed by atoms with E-state index >= 15 is 0 Å². The second-order valence-electron chi connectivity index (χ2n) is 3.89. The van der Waals surface area contributed by atoms with Crippen LogP contribution in [0.4, 0.5) is 0 Å². The second kappa shape index (κ2) is 11.8. The van der Waals surface area contributed by atoms with E-state index in [1.54, 1.807) is 0 Å². The van der Waals surface area contributed by atoms with Crippen molar-refractivity contribution in [1.29, 1.82) is 0 Å². The lowest BCUT2D eigenvalue weighted by Gasteiger charge is -1.80. The van der Waals surface area contributed by atoms with Gasteiger partial charge in [0.1, 0.15) is 0 Å². The molecule has 0 spiro atoms. The topological polar surface area (TPSA) is 0 Å². The summed E-state index contributed by atoms with van der Waals surface area (Å²) in [6.07, 6.45) is 0. The van der Waals surface area contributed by atoms with Gasteiger partial charge in [0.2, 0.25) is 0 Å². The average Bonchev–Trinajstić information content (AvgIpc) is 2.51. The third kappa shape index (κ3) is 10.5. The molecule has 0 aromatic heterocycles. The first kappa shape index (κ1) is 18.2. The van der Waals surface area contributed by atoms with Gasteiger partial charge in [0, 0.05) is 13.1 Å². The Morgan fingerprint density at radius 1 is 0.619 bits per heavy atom. The van der Waals surface area contributed by atoms with Crippen molar-refractivity contribution in [3.63, 3.8) is 0 Å². The van der Waals surface area contributed by atoms with E-state index in [4.69, 9.17) is 11.6 Å². The van der Waals surface area contributed by atoms with Gasteiger partial charge in [-0.15, -0.1) is 0 Å². The summed E-state index contributed by atoms with van der Waals surface area (Å²) >= 11 is 11.1. The molecule has 0 aliphatic carbocycles. The summed E-state index contributed by atoms with van der Waals surface area (Å²) in [5, 5.41) is 0.794. The van der Waals surface area contributed by atoms with Gasteiger partial charge in [-0.3, -0.25) is 0 Å². The molecule has 0 fully saturated rings. The fourth-order valence-corrected chi connectivity index (χ4v) is 2.11. The van der Waals surface area contributed by atoms with E-state index in [2.05, 4.69) is 50.7 Å². The van der Waals surface area contributed by atoms with Crippen LogP contribution in [-0.2, 0) is 0 Å². The van der Waals surface area contributed by atoms with Crippen molar-refractivity contribution >= 4 is 50.1 Å². The molecule has 0 aliphatic rings. The molecule has 0 N–H and O–H groups in total. The Balaban J connectivity index is 0.000000157. The van der Waals surface area contributed by atoms with Gasteiger partial charge in [-0.05, 0) is 59.0 Å². The highest BCUT2D eigenvalue weighted by Gasteiger charge is 1.75. The highest BCUT2D eigenvalue weighted by Crippen LogP contribution is 2.05. The van der Waals surface area contributed by atoms with E-state index < -0.39 is 0 Å². The molecule has 0 saturated heterocycles. The zero-order valence-corrected chi connectivity index (χ0v) is 15.8. The van der Waals surface area contributed by atoms with Crippen LogP contribution in [-0.4, -0.2) is 0 Å². The van der Waals surface area contributed by atoms with E-state index in [1.165, 1.54) is 3.57 Å². The maximum atomic E-state index is 5.54. The van der Waals surface area contributed by atoms with Crippen molar-refractivity contribution in [2.24, 2.45) is 0 Å². The standard InChI is InChI=1S/C6H5Br.C6H5Cl.C6H5I/c3*7-6-4-2-1-3-5-6/h3*1-5H. The Labute approximate surface area is 153 Å². The van der Waals surface area contributed by atoms with Crippen LogP contribution in [0, 0.1) is 3.57 Å². The summed E-state index contributed by atoms with van der Waals surface area (Å²) < 4.78 is 2.43. The Bertz CT molecular complexity index is 496. The monoisotopic (exact) mass is 472 g/mol. The van der Waals surface area contributed by atoms with Crippen molar-refractivity contribution in [1.82, 2.24) is 0 Å². The second-order valence-corrected chi connectivity index (χ2v) is 6.48. The number of hydrogen-bond donors (Lipinski definition) is 0. The zero-order valence-electron chi connectivity index (χ0n) is 11.3. The molecule has 0 amide bonds. The summed E-state index contributed by atoms with van der Waals surface area (Å²) in [5.74, 6) is 0. The van der Waals surface area contributed by atoms with Gasteiger partial charge in [-0.2, -0.15) is 0 Å². The van der Waals surface area contributed by atoms with Crippen LogP contribution in [0.1, 0.15) is 0 Å². The summed E-state index contributed by atoms with van der Waals surface area (Å²) in [4.78, 5) is 0. The van der Waals surface area contributed by atoms with Crippen LogP contribution in [0.15, 0.2) is 95.5 Å². The van der Waals surface area contributed by atoms with E-state index in [0.717, 1.165) is 9.50 Å². The van der Waals surface area contributed by atoms with E-state index in [9.17, 15) is 0 Å². The highest BCUT2D eigenvalue weighted by molar-refractivity contribution is 14.1. The summed E-state index contributed by atoms with van der Waals surface area (Å²) in [6.45, 7) is 0. The van der Waals surface area contributed by atoms with Gasteiger partial charge >= 0.3 is 0 Å². The zero-order chi connectivity index (χ0) is 15.3. The third-order valence-corrected chi connectivity index (χ3v) is 3.70. The molecule has 0 aliphatic heterocycles. The predicted octanol–water partition coefficient (Wildman–Crippen LogP) is 7.08. The number of rotatable bonds is 0. The van der Waals surface area contributed by atoms with Gasteiger partial charge in [-0.25, -0.2) is 0 Å². The molecule has 0 saturated carbocycles. The summed E-state index contributed by atoms with van der Waals surface area (Å²) in [5.41, 5.74) is 0. The van der Waals surface area contributed by atoms with Crippen molar-refractivity contribution in [2.45, 2.75) is 0 Å². The lowest BCUT2D eigenvalue weighted by molar-refractivity contribution is 1.65. The van der Waals surface area contributed by atoms with Crippen LogP contribution < -0.4 is 0 Å². The van der Waals surface area contributed by atoms with Gasteiger partial charge in [0.25, 0.3) is 0 Å². The third-order valence-electron chi connectivity index (χ3n) is 2.20. The molecule has 21 heavy (non-hydrogen) atoms. The van der Waals surface area contributed by atoms with Crippen molar-refractivity contribution < 1.29 is 0 Å². The van der Waals surface area contributed by atoms with Crippen molar-refractivity contribution in [3.8, 4) is 0 Å². The lowest BCUT2D eigenvalue weighted by Crippen LogP contribution is -1.61. The van der Waals surface area contributed by atoms with Crippen LogP contribution in [0.2, 0.25) is 5.02 Å². The quantitative estimate of drug-likeness (QED) is 0.306. The van der Waals surface area contributed by atoms with Gasteiger partial charge in [0.15, 0.2) is 0 Å². The average molecular weight is 474 g/mol. The molecular formula is C18H15BrClI. The van der Waals surface area contributed by atoms with Crippen molar-refractivity contribution in [2.75, 3.05) is 0 Å². The van der Waals surface area contributed by atoms with Crippen LogP contribution >= 0.6 is 50.1 Å². The molecule has 3 aromatic carbocycles. The Hall–Kier alpha value is -0.840. The molecule has 3 rings (SSSR count). The molecular weight excluding hydrogens is 458 g/mol. The fraction of sp³-hybridized carbons (Fsp3) is 0. The van der Waals surface area contributed by atoms with Crippen LogP contribution in [0.3, 0.4) is 0 Å². The van der Waals surface area contributed by atoms with E-state index in [1.807, 2.05) is 78.9 Å². The number of halogens is 3. The minimum Gasteiger partial charge on any atom is -0.0843 e. The maximum Gasteiger partial charge on any atom is 0.0405 e. The molecule has 0 heterocycles. The van der Waals surface area contributed by atoms with Gasteiger partial charge in [0.05, 0.1) is 0 Å². The first-order chi connectivity index (χ1) is 10.2. The molecule has 0 unspecified atom stereocenters.